The molecule has 0 N–H and O–H groups in total. The van der Waals surface area contributed by atoms with Gasteiger partial charge in [-0.3, -0.25) is 0 Å². The van der Waals surface area contributed by atoms with Gasteiger partial charge in [0.05, 0.1) is 0 Å². The van der Waals surface area contributed by atoms with Gasteiger partial charge in [0.2, 0.25) is 0 Å². The maximum absolute atomic E-state index is 2.25. The molecular weight excluding hydrogens is 204 g/mol. The average molecular weight is 230 g/mol. The Bertz CT molecular complexity index is 332. The highest BCUT2D eigenvalue weighted by Gasteiger charge is 2.11. The predicted molar refractivity (Wildman–Crippen MR) is 81.0 cm³/mol. The second-order valence-electron chi connectivity index (χ2n) is 4.12. The summed E-state index contributed by atoms with van der Waals surface area (Å²) in [4.78, 5) is 0. The summed E-state index contributed by atoms with van der Waals surface area (Å²) in [6.45, 7) is 12.4. The van der Waals surface area contributed by atoms with Crippen LogP contribution < -0.4 is 0 Å². The molecule has 0 unspecified atom stereocenters. The Hall–Kier alpha value is -1.30. The van der Waals surface area contributed by atoms with Crippen molar-refractivity contribution in [2.75, 3.05) is 0 Å². The summed E-state index contributed by atoms with van der Waals surface area (Å²) in [6, 6.07) is 8.46. The molecule has 0 amide bonds. The summed E-state index contributed by atoms with van der Waals surface area (Å²) in [5, 5.41) is 0. The Balaban J connectivity index is 0.000000581. The summed E-state index contributed by atoms with van der Waals surface area (Å²) in [5.74, 6) is 0. The molecule has 17 heavy (non-hydrogen) atoms. The zero-order valence-corrected chi connectivity index (χ0v) is 12.1. The molecule has 0 bridgehead atoms. The van der Waals surface area contributed by atoms with Crippen LogP contribution in [0.15, 0.2) is 36.4 Å². The molecule has 1 aromatic carbocycles. The Morgan fingerprint density at radius 1 is 0.706 bits per heavy atom. The van der Waals surface area contributed by atoms with E-state index in [0.717, 1.165) is 0 Å². The van der Waals surface area contributed by atoms with Crippen LogP contribution in [0.25, 0.3) is 12.2 Å². The van der Waals surface area contributed by atoms with Crippen molar-refractivity contribution in [2.24, 2.45) is 5.41 Å². The first-order valence-corrected chi connectivity index (χ1v) is 6.65. The van der Waals surface area contributed by atoms with E-state index in [1.807, 2.05) is 27.7 Å². The first-order valence-electron chi connectivity index (χ1n) is 6.65. The van der Waals surface area contributed by atoms with Crippen LogP contribution in [-0.2, 0) is 0 Å². The van der Waals surface area contributed by atoms with E-state index in [1.165, 1.54) is 11.1 Å². The summed E-state index contributed by atoms with van der Waals surface area (Å²) >= 11 is 0. The molecule has 1 aromatic rings. The number of benzene rings is 1. The van der Waals surface area contributed by atoms with Crippen LogP contribution >= 0.6 is 0 Å². The molecule has 0 saturated carbocycles. The second-order valence-corrected chi connectivity index (χ2v) is 4.12. The number of rotatable bonds is 0. The molecule has 0 nitrogen and oxygen atoms in total. The van der Waals surface area contributed by atoms with Crippen LogP contribution in [0, 0.1) is 5.41 Å². The van der Waals surface area contributed by atoms with Gasteiger partial charge in [0, 0.05) is 5.41 Å². The largest absolute Gasteiger partial charge is 0.0745 e. The van der Waals surface area contributed by atoms with Crippen molar-refractivity contribution in [3.8, 4) is 0 Å². The maximum atomic E-state index is 2.25. The smallest absolute Gasteiger partial charge is 0.00111 e. The Morgan fingerprint density at radius 2 is 1.06 bits per heavy atom. The number of hydrogen-bond donors (Lipinski definition) is 0. The topological polar surface area (TPSA) is 0 Å². The molecule has 0 spiro atoms. The van der Waals surface area contributed by atoms with Gasteiger partial charge in [-0.15, -0.1) is 0 Å². The Labute approximate surface area is 107 Å². The van der Waals surface area contributed by atoms with Gasteiger partial charge in [-0.25, -0.2) is 0 Å². The summed E-state index contributed by atoms with van der Waals surface area (Å²) < 4.78 is 0. The van der Waals surface area contributed by atoms with Gasteiger partial charge in [-0.05, 0) is 11.1 Å². The molecule has 0 aliphatic heterocycles. The monoisotopic (exact) mass is 230 g/mol. The van der Waals surface area contributed by atoms with Crippen LogP contribution in [-0.4, -0.2) is 0 Å². The van der Waals surface area contributed by atoms with E-state index in [-0.39, 0.29) is 5.41 Å². The fourth-order valence-corrected chi connectivity index (χ4v) is 1.48. The van der Waals surface area contributed by atoms with E-state index in [9.17, 15) is 0 Å². The standard InChI is InChI=1S/C13H14.2C2H6/c1-13(2)9-7-11-5-3-4-6-12(11)8-10-13;2*1-2/h3-10H,1-2H3;2*1-2H3. The molecule has 0 heterocycles. The molecule has 0 atom stereocenters. The van der Waals surface area contributed by atoms with Gasteiger partial charge in [-0.2, -0.15) is 0 Å². The quantitative estimate of drug-likeness (QED) is 0.528. The molecular formula is C17H26. The van der Waals surface area contributed by atoms with Gasteiger partial charge >= 0.3 is 0 Å². The van der Waals surface area contributed by atoms with Crippen LogP contribution in [0.1, 0.15) is 52.7 Å². The molecule has 1 aliphatic rings. The molecule has 0 saturated heterocycles. The van der Waals surface area contributed by atoms with Crippen LogP contribution in [0.5, 0.6) is 0 Å². The number of allylic oxidation sites excluding steroid dienone is 2. The first-order chi connectivity index (χ1) is 8.17. The lowest BCUT2D eigenvalue weighted by Crippen LogP contribution is -1.99. The van der Waals surface area contributed by atoms with E-state index in [4.69, 9.17) is 0 Å². The first kappa shape index (κ1) is 15.7. The van der Waals surface area contributed by atoms with Crippen molar-refractivity contribution in [3.63, 3.8) is 0 Å². The molecule has 94 valence electrons. The third kappa shape index (κ3) is 5.04. The number of hydrogen-bond acceptors (Lipinski definition) is 0. The van der Waals surface area contributed by atoms with Gasteiger partial charge < -0.3 is 0 Å². The SMILES string of the molecule is CC.CC.CC1(C)C=Cc2ccccc2C=C1. The Kier molecular flexibility index (Phi) is 7.29. The lowest BCUT2D eigenvalue weighted by atomic mass is 9.93. The third-order valence-corrected chi connectivity index (χ3v) is 2.38. The molecule has 0 heteroatoms. The highest BCUT2D eigenvalue weighted by atomic mass is 14.2. The highest BCUT2D eigenvalue weighted by molar-refractivity contribution is 5.68. The molecule has 0 radical (unpaired) electrons. The summed E-state index contributed by atoms with van der Waals surface area (Å²) in [5.41, 5.74) is 2.80. The molecule has 0 aromatic heterocycles. The predicted octanol–water partition coefficient (Wildman–Crippen LogP) is 5.81. The minimum Gasteiger partial charge on any atom is -0.0745 e. The Morgan fingerprint density at radius 3 is 1.41 bits per heavy atom. The van der Waals surface area contributed by atoms with Gasteiger partial charge in [0.25, 0.3) is 0 Å². The zero-order valence-electron chi connectivity index (χ0n) is 12.1. The van der Waals surface area contributed by atoms with Crippen molar-refractivity contribution in [1.29, 1.82) is 0 Å². The normalized spacial score (nSPS) is 14.5. The van der Waals surface area contributed by atoms with Crippen LogP contribution in [0.2, 0.25) is 0 Å². The van der Waals surface area contributed by atoms with E-state index in [0.29, 0.717) is 0 Å². The van der Waals surface area contributed by atoms with Crippen LogP contribution in [0.3, 0.4) is 0 Å². The maximum Gasteiger partial charge on any atom is 0.00111 e. The van der Waals surface area contributed by atoms with Gasteiger partial charge in [0.15, 0.2) is 0 Å². The minimum atomic E-state index is 0.180. The van der Waals surface area contributed by atoms with Crippen molar-refractivity contribution in [2.45, 2.75) is 41.5 Å². The van der Waals surface area contributed by atoms with E-state index < -0.39 is 0 Å². The highest BCUT2D eigenvalue weighted by Crippen LogP contribution is 2.27. The van der Waals surface area contributed by atoms with Gasteiger partial charge in [-0.1, -0.05) is 90.1 Å². The van der Waals surface area contributed by atoms with Crippen molar-refractivity contribution >= 4 is 12.2 Å². The summed E-state index contributed by atoms with van der Waals surface area (Å²) in [7, 11) is 0. The molecule has 1 aliphatic carbocycles. The minimum absolute atomic E-state index is 0.180. The van der Waals surface area contributed by atoms with E-state index in [1.54, 1.807) is 0 Å². The third-order valence-electron chi connectivity index (χ3n) is 2.38. The van der Waals surface area contributed by atoms with Crippen molar-refractivity contribution in [1.82, 2.24) is 0 Å². The van der Waals surface area contributed by atoms with E-state index in [2.05, 4.69) is 62.4 Å². The van der Waals surface area contributed by atoms with Crippen LogP contribution in [0.4, 0.5) is 0 Å². The average Bonchev–Trinajstić information content (AvgIpc) is 2.54. The lowest BCUT2D eigenvalue weighted by Gasteiger charge is -2.11. The van der Waals surface area contributed by atoms with E-state index >= 15 is 0 Å². The fourth-order valence-electron chi connectivity index (χ4n) is 1.48. The van der Waals surface area contributed by atoms with Crippen molar-refractivity contribution in [3.05, 3.63) is 47.5 Å². The second kappa shape index (κ2) is 7.89. The zero-order chi connectivity index (χ0) is 13.3. The molecule has 0 fully saturated rings. The van der Waals surface area contributed by atoms with Gasteiger partial charge in [0.1, 0.15) is 0 Å². The fraction of sp³-hybridized carbons (Fsp3) is 0.412. The lowest BCUT2D eigenvalue weighted by molar-refractivity contribution is 0.633. The summed E-state index contributed by atoms with van der Waals surface area (Å²) in [6.07, 6.45) is 8.90. The molecule has 2 rings (SSSR count). The van der Waals surface area contributed by atoms with Crippen molar-refractivity contribution < 1.29 is 0 Å². The number of fused-ring (bicyclic) bond motifs is 1.